The quantitative estimate of drug-likeness (QED) is 0.771. The van der Waals surface area contributed by atoms with Crippen molar-refractivity contribution in [2.45, 2.75) is 6.92 Å². The molecule has 1 amide bonds. The highest BCUT2D eigenvalue weighted by Gasteiger charge is 2.13. The van der Waals surface area contributed by atoms with Crippen LogP contribution in [0.2, 0.25) is 0 Å². The summed E-state index contributed by atoms with van der Waals surface area (Å²) in [7, 11) is 0. The molecule has 0 spiro atoms. The average molecular weight is 279 g/mol. The van der Waals surface area contributed by atoms with Crippen molar-refractivity contribution in [1.29, 1.82) is 0 Å². The second-order valence-electron chi connectivity index (χ2n) is 4.58. The minimum absolute atomic E-state index is 0.232. The van der Waals surface area contributed by atoms with E-state index in [4.69, 9.17) is 0 Å². The van der Waals surface area contributed by atoms with Gasteiger partial charge in [0.2, 0.25) is 0 Å². The van der Waals surface area contributed by atoms with Crippen LogP contribution in [0.4, 0.5) is 5.69 Å². The molecule has 3 rings (SSSR count). The third-order valence-corrected chi connectivity index (χ3v) is 2.95. The first-order valence-corrected chi connectivity index (χ1v) is 6.42. The first-order valence-electron chi connectivity index (χ1n) is 6.42. The minimum atomic E-state index is -0.232. The van der Waals surface area contributed by atoms with Crippen LogP contribution in [0.15, 0.2) is 49.1 Å². The lowest BCUT2D eigenvalue weighted by Crippen LogP contribution is -2.12. The van der Waals surface area contributed by atoms with Gasteiger partial charge >= 0.3 is 0 Å². The molecule has 0 aliphatic carbocycles. The van der Waals surface area contributed by atoms with Gasteiger partial charge in [0, 0.05) is 18.6 Å². The Morgan fingerprint density at radius 1 is 1.24 bits per heavy atom. The van der Waals surface area contributed by atoms with Crippen LogP contribution in [-0.2, 0) is 0 Å². The van der Waals surface area contributed by atoms with Crippen molar-refractivity contribution in [3.63, 3.8) is 0 Å². The Morgan fingerprint density at radius 2 is 2.14 bits per heavy atom. The lowest BCUT2D eigenvalue weighted by atomic mass is 10.2. The van der Waals surface area contributed by atoms with Crippen LogP contribution in [-0.4, -0.2) is 26.1 Å². The fourth-order valence-electron chi connectivity index (χ4n) is 1.96. The maximum atomic E-state index is 12.2. The molecule has 0 radical (unpaired) electrons. The monoisotopic (exact) mass is 279 g/mol. The van der Waals surface area contributed by atoms with Gasteiger partial charge in [0.25, 0.3) is 5.91 Å². The molecular formula is C15H13N5O. The molecular weight excluding hydrogens is 266 g/mol. The predicted molar refractivity (Wildman–Crippen MR) is 78.7 cm³/mol. The lowest BCUT2D eigenvalue weighted by Gasteiger charge is -2.05. The summed E-state index contributed by atoms with van der Waals surface area (Å²) >= 11 is 0. The van der Waals surface area contributed by atoms with Crippen LogP contribution >= 0.6 is 0 Å². The topological polar surface area (TPSA) is 83.6 Å². The summed E-state index contributed by atoms with van der Waals surface area (Å²) in [6, 6.07) is 7.33. The van der Waals surface area contributed by atoms with Crippen LogP contribution in [0.1, 0.15) is 15.9 Å². The number of nitrogens with zero attached hydrogens (tertiary/aromatic N) is 3. The summed E-state index contributed by atoms with van der Waals surface area (Å²) in [5, 5.41) is 9.63. The second kappa shape index (κ2) is 5.54. The average Bonchev–Trinajstić information content (AvgIpc) is 2.96. The lowest BCUT2D eigenvalue weighted by molar-refractivity contribution is 0.102. The van der Waals surface area contributed by atoms with Crippen molar-refractivity contribution >= 4 is 11.6 Å². The molecule has 3 heterocycles. The number of aromatic nitrogens is 4. The molecule has 104 valence electrons. The van der Waals surface area contributed by atoms with E-state index in [-0.39, 0.29) is 5.91 Å². The highest BCUT2D eigenvalue weighted by atomic mass is 16.1. The van der Waals surface area contributed by atoms with E-state index in [1.807, 2.05) is 25.1 Å². The van der Waals surface area contributed by atoms with E-state index in [1.165, 1.54) is 6.20 Å². The molecule has 0 bridgehead atoms. The number of nitrogens with one attached hydrogen (secondary N) is 2. The fraction of sp³-hybridized carbons (Fsp3) is 0.0667. The third-order valence-electron chi connectivity index (χ3n) is 2.95. The van der Waals surface area contributed by atoms with Gasteiger partial charge in [-0.25, -0.2) is 0 Å². The van der Waals surface area contributed by atoms with Crippen molar-refractivity contribution in [2.75, 3.05) is 5.32 Å². The Kier molecular flexibility index (Phi) is 3.42. The van der Waals surface area contributed by atoms with Crippen LogP contribution in [0, 0.1) is 6.92 Å². The Labute approximate surface area is 121 Å². The fourth-order valence-corrected chi connectivity index (χ4v) is 1.96. The van der Waals surface area contributed by atoms with Crippen LogP contribution < -0.4 is 5.32 Å². The summed E-state index contributed by atoms with van der Waals surface area (Å²) in [5.41, 5.74) is 3.40. The van der Waals surface area contributed by atoms with Gasteiger partial charge in [0.1, 0.15) is 5.69 Å². The normalized spacial score (nSPS) is 10.3. The van der Waals surface area contributed by atoms with E-state index in [1.54, 1.807) is 24.7 Å². The van der Waals surface area contributed by atoms with Gasteiger partial charge in [-0.05, 0) is 30.7 Å². The van der Waals surface area contributed by atoms with Crippen molar-refractivity contribution in [2.24, 2.45) is 0 Å². The Bertz CT molecular complexity index is 766. The molecule has 0 fully saturated rings. The summed E-state index contributed by atoms with van der Waals surface area (Å²) in [4.78, 5) is 20.5. The van der Waals surface area contributed by atoms with Gasteiger partial charge in [-0.2, -0.15) is 5.10 Å². The van der Waals surface area contributed by atoms with Crippen molar-refractivity contribution < 1.29 is 4.79 Å². The van der Waals surface area contributed by atoms with Gasteiger partial charge in [-0.15, -0.1) is 0 Å². The molecule has 0 aliphatic heterocycles. The number of carbonyl (C=O) groups is 1. The molecule has 0 saturated carbocycles. The van der Waals surface area contributed by atoms with Gasteiger partial charge in [-0.1, -0.05) is 6.07 Å². The van der Waals surface area contributed by atoms with E-state index in [0.29, 0.717) is 22.6 Å². The molecule has 21 heavy (non-hydrogen) atoms. The van der Waals surface area contributed by atoms with Gasteiger partial charge < -0.3 is 5.32 Å². The summed E-state index contributed by atoms with van der Waals surface area (Å²) in [6.07, 6.45) is 6.48. The first-order chi connectivity index (χ1) is 10.2. The number of carbonyl (C=O) groups excluding carboxylic acids is 1. The number of rotatable bonds is 3. The number of pyridine rings is 2. The molecule has 3 aromatic heterocycles. The van der Waals surface area contributed by atoms with Crippen molar-refractivity contribution in [3.8, 4) is 11.4 Å². The second-order valence-corrected chi connectivity index (χ2v) is 4.58. The van der Waals surface area contributed by atoms with E-state index in [2.05, 4.69) is 25.5 Å². The maximum Gasteiger partial charge on any atom is 0.257 e. The maximum absolute atomic E-state index is 12.2. The van der Waals surface area contributed by atoms with E-state index in [9.17, 15) is 4.79 Å². The Balaban J connectivity index is 1.87. The molecule has 6 heteroatoms. The largest absolute Gasteiger partial charge is 0.319 e. The summed E-state index contributed by atoms with van der Waals surface area (Å²) in [6.45, 7) is 1.89. The highest BCUT2D eigenvalue weighted by Crippen LogP contribution is 2.23. The molecule has 0 aliphatic rings. The van der Waals surface area contributed by atoms with Crippen molar-refractivity contribution in [1.82, 2.24) is 20.2 Å². The number of hydrogen-bond acceptors (Lipinski definition) is 4. The number of amides is 1. The number of aryl methyl sites for hydroxylation is 1. The molecule has 3 aromatic rings. The molecule has 0 unspecified atom stereocenters. The SMILES string of the molecule is Cc1cncc(C(=O)Nc2cn[nH]c2-c2ccccn2)c1. The molecule has 6 nitrogen and oxygen atoms in total. The van der Waals surface area contributed by atoms with E-state index in [0.717, 1.165) is 5.56 Å². The van der Waals surface area contributed by atoms with Crippen LogP contribution in [0.25, 0.3) is 11.4 Å². The van der Waals surface area contributed by atoms with E-state index < -0.39 is 0 Å². The predicted octanol–water partition coefficient (Wildman–Crippen LogP) is 2.43. The van der Waals surface area contributed by atoms with Gasteiger partial charge in [0.05, 0.1) is 23.1 Å². The highest BCUT2D eigenvalue weighted by molar-refractivity contribution is 6.05. The number of aromatic amines is 1. The third kappa shape index (κ3) is 2.79. The first kappa shape index (κ1) is 13.0. The Morgan fingerprint density at radius 3 is 2.90 bits per heavy atom. The van der Waals surface area contributed by atoms with Gasteiger partial charge in [-0.3, -0.25) is 19.9 Å². The van der Waals surface area contributed by atoms with Gasteiger partial charge in [0.15, 0.2) is 0 Å². The zero-order valence-corrected chi connectivity index (χ0v) is 11.4. The minimum Gasteiger partial charge on any atom is -0.319 e. The van der Waals surface area contributed by atoms with Crippen molar-refractivity contribution in [3.05, 3.63) is 60.2 Å². The smallest absolute Gasteiger partial charge is 0.257 e. The standard InChI is InChI=1S/C15H13N5O/c1-10-6-11(8-16-7-10)15(21)19-13-9-18-20-14(13)12-4-2-3-5-17-12/h2-9H,1H3,(H,18,20)(H,19,21). The van der Waals surface area contributed by atoms with Crippen LogP contribution in [0.3, 0.4) is 0 Å². The zero-order valence-electron chi connectivity index (χ0n) is 11.4. The van der Waals surface area contributed by atoms with E-state index >= 15 is 0 Å². The molecule has 0 aromatic carbocycles. The number of hydrogen-bond donors (Lipinski definition) is 2. The number of anilines is 1. The summed E-state index contributed by atoms with van der Waals surface area (Å²) in [5.74, 6) is -0.232. The molecule has 2 N–H and O–H groups in total. The molecule has 0 saturated heterocycles. The Hall–Kier alpha value is -3.02. The number of H-pyrrole nitrogens is 1. The zero-order chi connectivity index (χ0) is 14.7. The summed E-state index contributed by atoms with van der Waals surface area (Å²) < 4.78 is 0. The van der Waals surface area contributed by atoms with Crippen LogP contribution in [0.5, 0.6) is 0 Å². The molecule has 0 atom stereocenters.